The molecule has 0 saturated carbocycles. The van der Waals surface area contributed by atoms with Gasteiger partial charge in [0.25, 0.3) is 0 Å². The molecule has 0 amide bonds. The highest BCUT2D eigenvalue weighted by Gasteiger charge is 2.34. The van der Waals surface area contributed by atoms with Gasteiger partial charge < -0.3 is 0 Å². The molecule has 0 bridgehead atoms. The first-order chi connectivity index (χ1) is 16.8. The normalized spacial score (nSPS) is 16.4. The van der Waals surface area contributed by atoms with Gasteiger partial charge in [-0.15, -0.1) is 0 Å². The van der Waals surface area contributed by atoms with E-state index in [1.165, 1.54) is 36.4 Å². The quantitative estimate of drug-likeness (QED) is 0.470. The van der Waals surface area contributed by atoms with E-state index >= 15 is 0 Å². The molecule has 3 aromatic carbocycles. The Kier molecular flexibility index (Phi) is 7.00. The van der Waals surface area contributed by atoms with E-state index in [1.807, 2.05) is 0 Å². The lowest BCUT2D eigenvalue weighted by Gasteiger charge is -2.13. The fourth-order valence-corrected chi connectivity index (χ4v) is 6.56. The Morgan fingerprint density at radius 1 is 0.861 bits per heavy atom. The highest BCUT2D eigenvalue weighted by atomic mass is 32.2. The molecule has 36 heavy (non-hydrogen) atoms. The topological polar surface area (TPSA) is 100 Å². The van der Waals surface area contributed by atoms with Crippen molar-refractivity contribution in [3.05, 3.63) is 95.1 Å². The average molecular weight is 537 g/mol. The summed E-state index contributed by atoms with van der Waals surface area (Å²) in [6.45, 7) is 0. The molecule has 189 valence electrons. The van der Waals surface area contributed by atoms with Crippen LogP contribution in [0.3, 0.4) is 0 Å². The number of sulfone groups is 1. The number of hydrogen-bond donors (Lipinski definition) is 1. The third kappa shape index (κ3) is 5.80. The Bertz CT molecular complexity index is 1520. The smallest absolute Gasteiger partial charge is 0.290 e. The summed E-state index contributed by atoms with van der Waals surface area (Å²) in [5, 5.41) is 11.5. The molecule has 0 saturated heterocycles. The van der Waals surface area contributed by atoms with Crippen LogP contribution in [0.5, 0.6) is 5.75 Å². The molecule has 1 aliphatic carbocycles. The van der Waals surface area contributed by atoms with Crippen LogP contribution in [-0.2, 0) is 44.0 Å². The fraction of sp³-hybridized carbons (Fsp3) is 0.200. The van der Waals surface area contributed by atoms with Crippen molar-refractivity contribution in [3.8, 4) is 5.75 Å². The van der Waals surface area contributed by atoms with Gasteiger partial charge in [-0.2, -0.15) is 13.2 Å². The maximum Gasteiger partial charge on any atom is 0.416 e. The second-order valence-corrected chi connectivity index (χ2v) is 12.1. The molecular formula is C25H21F3NO5S2. The van der Waals surface area contributed by atoms with E-state index in [-0.39, 0.29) is 15.5 Å². The molecule has 0 spiro atoms. The van der Waals surface area contributed by atoms with Crippen LogP contribution in [-0.4, -0.2) is 28.6 Å². The molecule has 11 heteroatoms. The number of halogens is 3. The van der Waals surface area contributed by atoms with Crippen molar-refractivity contribution < 1.29 is 35.1 Å². The van der Waals surface area contributed by atoms with E-state index in [1.54, 1.807) is 12.1 Å². The summed E-state index contributed by atoms with van der Waals surface area (Å²) in [6, 6.07) is 13.8. The summed E-state index contributed by atoms with van der Waals surface area (Å²) in [5.41, 5.74) is 0.0721. The highest BCUT2D eigenvalue weighted by molar-refractivity contribution is 7.91. The van der Waals surface area contributed by atoms with E-state index in [2.05, 4.69) is 4.72 Å². The molecule has 0 fully saturated rings. The van der Waals surface area contributed by atoms with Gasteiger partial charge in [0.2, 0.25) is 19.9 Å². The minimum Gasteiger partial charge on any atom is -0.290 e. The van der Waals surface area contributed by atoms with Gasteiger partial charge in [-0.05, 0) is 72.0 Å². The molecule has 0 aliphatic heterocycles. The third-order valence-electron chi connectivity index (χ3n) is 5.76. The van der Waals surface area contributed by atoms with E-state index in [9.17, 15) is 35.1 Å². The van der Waals surface area contributed by atoms with Crippen molar-refractivity contribution in [3.63, 3.8) is 0 Å². The molecule has 1 unspecified atom stereocenters. The maximum atomic E-state index is 13.6. The summed E-state index contributed by atoms with van der Waals surface area (Å²) < 4.78 is 94.0. The number of benzene rings is 3. The Morgan fingerprint density at radius 2 is 1.56 bits per heavy atom. The maximum absolute atomic E-state index is 13.6. The van der Waals surface area contributed by atoms with Crippen LogP contribution in [0.1, 0.15) is 22.3 Å². The van der Waals surface area contributed by atoms with Gasteiger partial charge in [0, 0.05) is 6.04 Å². The molecule has 1 aliphatic rings. The molecular weight excluding hydrogens is 515 g/mol. The molecule has 3 aromatic rings. The lowest BCUT2D eigenvalue weighted by molar-refractivity contribution is -0.137. The average Bonchev–Trinajstić information content (AvgIpc) is 3.19. The van der Waals surface area contributed by atoms with Crippen molar-refractivity contribution in [1.82, 2.24) is 4.72 Å². The molecule has 1 atom stereocenters. The van der Waals surface area contributed by atoms with Gasteiger partial charge in [-0.25, -0.2) is 21.6 Å². The van der Waals surface area contributed by atoms with Crippen LogP contribution >= 0.6 is 0 Å². The highest BCUT2D eigenvalue weighted by Crippen LogP contribution is 2.35. The zero-order valence-electron chi connectivity index (χ0n) is 18.7. The van der Waals surface area contributed by atoms with Crippen LogP contribution in [0.4, 0.5) is 13.2 Å². The lowest BCUT2D eigenvalue weighted by atomic mass is 10.1. The number of fused-ring (bicyclic) bond motifs is 1. The SMILES string of the molecule is [O]c1ccc2c(c1)CC(NS(=O)(=O)CC=Cc1cc(S(=O)(=O)c3ccccc3)ccc1C(F)(F)F)C2. The van der Waals surface area contributed by atoms with Crippen molar-refractivity contribution in [2.45, 2.75) is 34.9 Å². The van der Waals surface area contributed by atoms with Crippen molar-refractivity contribution in [1.29, 1.82) is 0 Å². The molecule has 6 nitrogen and oxygen atoms in total. The van der Waals surface area contributed by atoms with Gasteiger partial charge in [-0.3, -0.25) is 5.11 Å². The second kappa shape index (κ2) is 9.72. The van der Waals surface area contributed by atoms with Gasteiger partial charge in [0.05, 0.1) is 21.1 Å². The molecule has 0 heterocycles. The van der Waals surface area contributed by atoms with Crippen LogP contribution in [0, 0.1) is 0 Å². The van der Waals surface area contributed by atoms with Crippen LogP contribution < -0.4 is 4.72 Å². The summed E-state index contributed by atoms with van der Waals surface area (Å²) in [7, 11) is -7.98. The first-order valence-corrected chi connectivity index (χ1v) is 14.0. The first-order valence-electron chi connectivity index (χ1n) is 10.8. The minimum atomic E-state index is -4.78. The summed E-state index contributed by atoms with van der Waals surface area (Å²) >= 11 is 0. The molecule has 1 radical (unpaired) electrons. The molecule has 1 N–H and O–H groups in total. The van der Waals surface area contributed by atoms with Gasteiger partial charge in [0.1, 0.15) is 0 Å². The minimum absolute atomic E-state index is 0.0758. The van der Waals surface area contributed by atoms with Gasteiger partial charge in [0.15, 0.2) is 5.75 Å². The van der Waals surface area contributed by atoms with Crippen LogP contribution in [0.25, 0.3) is 6.08 Å². The first kappa shape index (κ1) is 25.9. The monoisotopic (exact) mass is 536 g/mol. The predicted octanol–water partition coefficient (Wildman–Crippen LogP) is 4.78. The van der Waals surface area contributed by atoms with Crippen molar-refractivity contribution in [2.75, 3.05) is 5.75 Å². The summed E-state index contributed by atoms with van der Waals surface area (Å²) in [6.07, 6.45) is -2.03. The van der Waals surface area contributed by atoms with Gasteiger partial charge in [-0.1, -0.05) is 36.4 Å². The zero-order chi connectivity index (χ0) is 26.1. The number of rotatable bonds is 7. The third-order valence-corrected chi connectivity index (χ3v) is 8.85. The summed E-state index contributed by atoms with van der Waals surface area (Å²) in [5.74, 6) is -0.781. The second-order valence-electron chi connectivity index (χ2n) is 8.40. The Morgan fingerprint density at radius 3 is 2.25 bits per heavy atom. The molecule has 0 aromatic heterocycles. The fourth-order valence-electron chi connectivity index (χ4n) is 4.12. The summed E-state index contributed by atoms with van der Waals surface area (Å²) in [4.78, 5) is -0.420. The number of hydrogen-bond acceptors (Lipinski definition) is 4. The predicted molar refractivity (Wildman–Crippen MR) is 127 cm³/mol. The molecule has 4 rings (SSSR count). The number of nitrogens with one attached hydrogen (secondary N) is 1. The zero-order valence-corrected chi connectivity index (χ0v) is 20.3. The largest absolute Gasteiger partial charge is 0.416 e. The van der Waals surface area contributed by atoms with E-state index in [0.717, 1.165) is 35.4 Å². The number of alkyl halides is 3. The Balaban J connectivity index is 1.54. The van der Waals surface area contributed by atoms with E-state index in [0.29, 0.717) is 18.9 Å². The van der Waals surface area contributed by atoms with Crippen molar-refractivity contribution >= 4 is 25.9 Å². The van der Waals surface area contributed by atoms with Crippen LogP contribution in [0.15, 0.2) is 82.6 Å². The number of sulfonamides is 1. The Hall–Kier alpha value is -3.15. The lowest BCUT2D eigenvalue weighted by Crippen LogP contribution is -2.36. The van der Waals surface area contributed by atoms with Crippen LogP contribution in [0.2, 0.25) is 0 Å². The van der Waals surface area contributed by atoms with E-state index < -0.39 is 49.0 Å². The van der Waals surface area contributed by atoms with E-state index in [4.69, 9.17) is 0 Å². The standard InChI is InChI=1S/C25H21F3NO5S2/c26-25(27,28)24-11-10-23(36(33,34)22-6-2-1-3-7-22)16-18(24)5-4-12-35(31,32)29-20-13-17-8-9-21(30)15-19(17)14-20/h1-11,15-16,20,29H,12-14H2. The van der Waals surface area contributed by atoms with Crippen molar-refractivity contribution in [2.24, 2.45) is 0 Å². The van der Waals surface area contributed by atoms with Gasteiger partial charge >= 0.3 is 6.18 Å². The Labute approximate surface area is 207 Å².